The number of hydrogen-bond acceptors (Lipinski definition) is 5. The summed E-state index contributed by atoms with van der Waals surface area (Å²) in [5.74, 6) is 0. The van der Waals surface area contributed by atoms with Crippen molar-refractivity contribution in [3.63, 3.8) is 0 Å². The van der Waals surface area contributed by atoms with Crippen LogP contribution in [-0.4, -0.2) is 48.1 Å². The number of hydrogen-bond donors (Lipinski definition) is 1. The van der Waals surface area contributed by atoms with Crippen molar-refractivity contribution < 1.29 is 0 Å². The zero-order valence-corrected chi connectivity index (χ0v) is 21.9. The van der Waals surface area contributed by atoms with Crippen molar-refractivity contribution in [1.82, 2.24) is 14.9 Å². The van der Waals surface area contributed by atoms with Crippen LogP contribution < -0.4 is 10.6 Å². The lowest BCUT2D eigenvalue weighted by Gasteiger charge is -2.29. The van der Waals surface area contributed by atoms with Gasteiger partial charge in [0.2, 0.25) is 0 Å². The van der Waals surface area contributed by atoms with Crippen LogP contribution in [0.15, 0.2) is 60.9 Å². The SMILES string of the molecule is CN(CCN)CCN(c1ccnc2cc(Cl)ccc12)c1ccnc2cc(Cl)ccc12.Cl.Cl.Cl. The minimum absolute atomic E-state index is 0. The fourth-order valence-electron chi connectivity index (χ4n) is 3.66. The van der Waals surface area contributed by atoms with Crippen LogP contribution >= 0.6 is 60.4 Å². The molecule has 0 aliphatic heterocycles. The highest BCUT2D eigenvalue weighted by Gasteiger charge is 2.17. The lowest BCUT2D eigenvalue weighted by Crippen LogP contribution is -2.33. The number of anilines is 2. The van der Waals surface area contributed by atoms with Crippen molar-refractivity contribution in [2.24, 2.45) is 5.73 Å². The Morgan fingerprint density at radius 2 is 1.21 bits per heavy atom. The summed E-state index contributed by atoms with van der Waals surface area (Å²) in [6, 6.07) is 15.7. The van der Waals surface area contributed by atoms with Crippen LogP contribution in [0.1, 0.15) is 0 Å². The number of rotatable bonds is 7. The molecule has 2 aromatic carbocycles. The van der Waals surface area contributed by atoms with E-state index < -0.39 is 0 Å². The highest BCUT2D eigenvalue weighted by Crippen LogP contribution is 2.36. The normalized spacial score (nSPS) is 10.5. The molecule has 2 heterocycles. The van der Waals surface area contributed by atoms with Gasteiger partial charge in [0.05, 0.1) is 22.4 Å². The number of fused-ring (bicyclic) bond motifs is 2. The topological polar surface area (TPSA) is 58.3 Å². The number of likely N-dealkylation sites (N-methyl/N-ethyl adjacent to an activating group) is 1. The molecule has 0 fully saturated rings. The van der Waals surface area contributed by atoms with Crippen LogP contribution in [0.4, 0.5) is 11.4 Å². The molecule has 0 radical (unpaired) electrons. The molecule has 33 heavy (non-hydrogen) atoms. The summed E-state index contributed by atoms with van der Waals surface area (Å²) in [6.07, 6.45) is 3.65. The molecule has 4 aromatic rings. The molecule has 0 atom stereocenters. The van der Waals surface area contributed by atoms with Crippen LogP contribution in [0.25, 0.3) is 21.8 Å². The first-order chi connectivity index (χ1) is 14.6. The van der Waals surface area contributed by atoms with Crippen LogP contribution in [0.5, 0.6) is 0 Å². The number of aromatic nitrogens is 2. The van der Waals surface area contributed by atoms with Gasteiger partial charge in [0.1, 0.15) is 0 Å². The van der Waals surface area contributed by atoms with Crippen molar-refractivity contribution in [2.75, 3.05) is 38.1 Å². The zero-order valence-electron chi connectivity index (χ0n) is 17.9. The minimum atomic E-state index is 0. The first kappa shape index (κ1) is 29.5. The van der Waals surface area contributed by atoms with Gasteiger partial charge in [0, 0.05) is 59.4 Å². The van der Waals surface area contributed by atoms with Gasteiger partial charge in [-0.3, -0.25) is 9.97 Å². The van der Waals surface area contributed by atoms with E-state index in [0.717, 1.165) is 52.8 Å². The fraction of sp³-hybridized carbons (Fsp3) is 0.217. The standard InChI is InChI=1S/C23H23Cl2N5.3ClH/c1-29(11-8-26)12-13-30(22-6-9-27-20-14-16(24)2-4-18(20)22)23-7-10-28-21-15-17(25)3-5-19(21)23;;;/h2-7,9-10,14-15H,8,11-13,26H2,1H3;3*1H. The van der Waals surface area contributed by atoms with E-state index in [0.29, 0.717) is 16.6 Å². The second-order valence-corrected chi connectivity index (χ2v) is 8.10. The van der Waals surface area contributed by atoms with E-state index in [-0.39, 0.29) is 37.2 Å². The van der Waals surface area contributed by atoms with Gasteiger partial charge in [-0.15, -0.1) is 37.2 Å². The molecular formula is C23H26Cl5N5. The van der Waals surface area contributed by atoms with E-state index >= 15 is 0 Å². The van der Waals surface area contributed by atoms with Crippen LogP contribution in [-0.2, 0) is 0 Å². The molecule has 2 N–H and O–H groups in total. The van der Waals surface area contributed by atoms with Crippen molar-refractivity contribution in [2.45, 2.75) is 0 Å². The van der Waals surface area contributed by atoms with Crippen molar-refractivity contribution in [1.29, 1.82) is 0 Å². The summed E-state index contributed by atoms with van der Waals surface area (Å²) in [7, 11) is 2.08. The lowest BCUT2D eigenvalue weighted by atomic mass is 10.1. The molecule has 2 aromatic heterocycles. The van der Waals surface area contributed by atoms with E-state index in [4.69, 9.17) is 28.9 Å². The molecule has 0 unspecified atom stereocenters. The van der Waals surface area contributed by atoms with Gasteiger partial charge in [0.25, 0.3) is 0 Å². The Hall–Kier alpha value is -1.57. The fourth-order valence-corrected chi connectivity index (χ4v) is 3.99. The van der Waals surface area contributed by atoms with Gasteiger partial charge in [0.15, 0.2) is 0 Å². The first-order valence-corrected chi connectivity index (χ1v) is 10.6. The average Bonchev–Trinajstić information content (AvgIpc) is 2.73. The van der Waals surface area contributed by atoms with Crippen LogP contribution in [0, 0.1) is 0 Å². The average molecular weight is 550 g/mol. The largest absolute Gasteiger partial charge is 0.339 e. The summed E-state index contributed by atoms with van der Waals surface area (Å²) in [6.45, 7) is 3.10. The molecular weight excluding hydrogens is 524 g/mol. The van der Waals surface area contributed by atoms with Crippen molar-refractivity contribution in [3.05, 3.63) is 71.0 Å². The summed E-state index contributed by atoms with van der Waals surface area (Å²) in [4.78, 5) is 13.6. The molecule has 4 rings (SSSR count). The second kappa shape index (κ2) is 13.4. The highest BCUT2D eigenvalue weighted by molar-refractivity contribution is 6.31. The molecule has 0 spiro atoms. The van der Waals surface area contributed by atoms with E-state index in [1.54, 1.807) is 0 Å². The van der Waals surface area contributed by atoms with Gasteiger partial charge >= 0.3 is 0 Å². The minimum Gasteiger partial charge on any atom is -0.339 e. The number of nitrogens with zero attached hydrogens (tertiary/aromatic N) is 4. The third-order valence-corrected chi connectivity index (χ3v) is 5.63. The van der Waals surface area contributed by atoms with E-state index in [2.05, 4.69) is 26.8 Å². The van der Waals surface area contributed by atoms with E-state index in [1.165, 1.54) is 0 Å². The van der Waals surface area contributed by atoms with Gasteiger partial charge < -0.3 is 15.5 Å². The van der Waals surface area contributed by atoms with Crippen LogP contribution in [0.2, 0.25) is 10.0 Å². The quantitative estimate of drug-likeness (QED) is 0.290. The van der Waals surface area contributed by atoms with Crippen molar-refractivity contribution >= 4 is 93.6 Å². The third kappa shape index (κ3) is 6.74. The highest BCUT2D eigenvalue weighted by atomic mass is 35.5. The Kier molecular flexibility index (Phi) is 11.9. The van der Waals surface area contributed by atoms with Gasteiger partial charge in [-0.05, 0) is 55.6 Å². The summed E-state index contributed by atoms with van der Waals surface area (Å²) < 4.78 is 0. The Morgan fingerprint density at radius 3 is 1.67 bits per heavy atom. The third-order valence-electron chi connectivity index (χ3n) is 5.16. The zero-order chi connectivity index (χ0) is 21.1. The Balaban J connectivity index is 0.00000181. The molecule has 10 heteroatoms. The van der Waals surface area contributed by atoms with Crippen LogP contribution in [0.3, 0.4) is 0 Å². The molecule has 0 aliphatic carbocycles. The lowest BCUT2D eigenvalue weighted by molar-refractivity contribution is 0.352. The summed E-state index contributed by atoms with van der Waals surface area (Å²) >= 11 is 12.4. The molecule has 0 amide bonds. The van der Waals surface area contributed by atoms with E-state index in [9.17, 15) is 0 Å². The van der Waals surface area contributed by atoms with Gasteiger partial charge in [-0.1, -0.05) is 23.2 Å². The smallest absolute Gasteiger partial charge is 0.0737 e. The predicted octanol–water partition coefficient (Wildman–Crippen LogP) is 6.38. The maximum absolute atomic E-state index is 6.21. The number of halogens is 5. The van der Waals surface area contributed by atoms with Gasteiger partial charge in [-0.2, -0.15) is 0 Å². The first-order valence-electron chi connectivity index (χ1n) is 9.81. The monoisotopic (exact) mass is 547 g/mol. The number of nitrogens with two attached hydrogens (primary N) is 1. The molecule has 0 aliphatic rings. The maximum Gasteiger partial charge on any atom is 0.0737 e. The molecule has 178 valence electrons. The number of pyridine rings is 2. The Bertz CT molecular complexity index is 1110. The molecule has 0 saturated heterocycles. The Labute approximate surface area is 222 Å². The number of benzene rings is 2. The molecule has 0 saturated carbocycles. The summed E-state index contributed by atoms with van der Waals surface area (Å²) in [5.41, 5.74) is 9.60. The molecule has 0 bridgehead atoms. The molecule has 5 nitrogen and oxygen atoms in total. The second-order valence-electron chi connectivity index (χ2n) is 7.23. The van der Waals surface area contributed by atoms with Crippen molar-refractivity contribution in [3.8, 4) is 0 Å². The maximum atomic E-state index is 6.21. The van der Waals surface area contributed by atoms with Gasteiger partial charge in [-0.25, -0.2) is 0 Å². The van der Waals surface area contributed by atoms with E-state index in [1.807, 2.05) is 60.9 Å². The summed E-state index contributed by atoms with van der Waals surface area (Å²) in [5, 5.41) is 3.43. The predicted molar refractivity (Wildman–Crippen MR) is 149 cm³/mol. The Morgan fingerprint density at radius 1 is 0.727 bits per heavy atom.